The Kier molecular flexibility index (Phi) is 5.62. The lowest BCUT2D eigenvalue weighted by Crippen LogP contribution is -2.47. The van der Waals surface area contributed by atoms with Crippen LogP contribution in [0, 0.1) is 5.92 Å². The van der Waals surface area contributed by atoms with Crippen LogP contribution >= 0.6 is 0 Å². The molecule has 0 saturated carbocycles. The second kappa shape index (κ2) is 7.25. The lowest BCUT2D eigenvalue weighted by Gasteiger charge is -2.37. The Morgan fingerprint density at radius 1 is 1.43 bits per heavy atom. The van der Waals surface area contributed by atoms with Crippen LogP contribution in [0.3, 0.4) is 0 Å². The third-order valence-electron chi connectivity index (χ3n) is 4.83. The van der Waals surface area contributed by atoms with Gasteiger partial charge < -0.3 is 14.5 Å². The van der Waals surface area contributed by atoms with Crippen LogP contribution in [0.1, 0.15) is 46.0 Å². The molecule has 5 heteroatoms. The van der Waals surface area contributed by atoms with E-state index in [-0.39, 0.29) is 23.8 Å². The Morgan fingerprint density at radius 2 is 2.19 bits per heavy atom. The molecule has 2 saturated heterocycles. The molecular weight excluding hydrogens is 268 g/mol. The Labute approximate surface area is 127 Å². The Morgan fingerprint density at radius 3 is 2.86 bits per heavy atom. The number of piperidine rings is 1. The number of amides is 2. The van der Waals surface area contributed by atoms with Gasteiger partial charge in [-0.1, -0.05) is 6.92 Å². The van der Waals surface area contributed by atoms with Crippen molar-refractivity contribution in [3.63, 3.8) is 0 Å². The number of rotatable bonds is 5. The molecule has 0 aromatic rings. The lowest BCUT2D eigenvalue weighted by molar-refractivity contribution is -0.139. The number of carbonyl (C=O) groups is 2. The Hall–Kier alpha value is -1.10. The largest absolute Gasteiger partial charge is 0.383 e. The highest BCUT2D eigenvalue weighted by Gasteiger charge is 2.40. The fourth-order valence-corrected chi connectivity index (χ4v) is 3.60. The van der Waals surface area contributed by atoms with E-state index in [2.05, 4.69) is 6.92 Å². The number of likely N-dealkylation sites (tertiary alicyclic amines) is 2. The summed E-state index contributed by atoms with van der Waals surface area (Å²) in [5.41, 5.74) is 0. The standard InChI is InChI=1S/C16H28N2O3/c1-4-14-7-5-6-8-17(14)16(20)13-9-15(19)18(10-13)12(2)11-21-3/h12-14H,4-11H2,1-3H3/t12-,13-,14-/m0/s1. The molecule has 2 fully saturated rings. The first-order chi connectivity index (χ1) is 10.1. The molecule has 3 atom stereocenters. The molecule has 0 aromatic carbocycles. The molecule has 0 aromatic heterocycles. The van der Waals surface area contributed by atoms with Gasteiger partial charge in [-0.2, -0.15) is 0 Å². The lowest BCUT2D eigenvalue weighted by atomic mass is 9.97. The van der Waals surface area contributed by atoms with Crippen molar-refractivity contribution in [3.05, 3.63) is 0 Å². The average Bonchev–Trinajstić information content (AvgIpc) is 2.88. The first kappa shape index (κ1) is 16.3. The topological polar surface area (TPSA) is 49.9 Å². The van der Waals surface area contributed by atoms with Crippen molar-refractivity contribution in [1.29, 1.82) is 0 Å². The van der Waals surface area contributed by atoms with Crippen LogP contribution in [0.2, 0.25) is 0 Å². The molecule has 2 heterocycles. The highest BCUT2D eigenvalue weighted by molar-refractivity contribution is 5.89. The molecule has 21 heavy (non-hydrogen) atoms. The van der Waals surface area contributed by atoms with Crippen molar-refractivity contribution in [2.24, 2.45) is 5.92 Å². The van der Waals surface area contributed by atoms with Crippen LogP contribution in [0.25, 0.3) is 0 Å². The van der Waals surface area contributed by atoms with E-state index in [4.69, 9.17) is 4.74 Å². The second-order valence-corrected chi connectivity index (χ2v) is 6.34. The van der Waals surface area contributed by atoms with Crippen LogP contribution in [-0.4, -0.2) is 60.5 Å². The SMILES string of the molecule is CC[C@H]1CCCCN1C(=O)[C@H]1CC(=O)N([C@@H](C)COC)C1. The number of nitrogens with zero attached hydrogens (tertiary/aromatic N) is 2. The summed E-state index contributed by atoms with van der Waals surface area (Å²) in [7, 11) is 1.64. The highest BCUT2D eigenvalue weighted by atomic mass is 16.5. The van der Waals surface area contributed by atoms with Crippen molar-refractivity contribution in [3.8, 4) is 0 Å². The van der Waals surface area contributed by atoms with E-state index in [0.29, 0.717) is 25.6 Å². The van der Waals surface area contributed by atoms with E-state index in [1.807, 2.05) is 11.8 Å². The minimum atomic E-state index is -0.163. The summed E-state index contributed by atoms with van der Waals surface area (Å²) in [6, 6.07) is 0.412. The van der Waals surface area contributed by atoms with Gasteiger partial charge in [0.05, 0.1) is 18.6 Å². The first-order valence-corrected chi connectivity index (χ1v) is 8.17. The van der Waals surface area contributed by atoms with Gasteiger partial charge in [0.25, 0.3) is 0 Å². The van der Waals surface area contributed by atoms with Crippen molar-refractivity contribution in [1.82, 2.24) is 9.80 Å². The van der Waals surface area contributed by atoms with Crippen molar-refractivity contribution in [2.75, 3.05) is 26.8 Å². The summed E-state index contributed by atoms with van der Waals surface area (Å²) in [5, 5.41) is 0. The highest BCUT2D eigenvalue weighted by Crippen LogP contribution is 2.27. The monoisotopic (exact) mass is 296 g/mol. The van der Waals surface area contributed by atoms with Gasteiger partial charge in [0.15, 0.2) is 0 Å². The maximum absolute atomic E-state index is 12.8. The third kappa shape index (κ3) is 3.57. The molecule has 0 bridgehead atoms. The zero-order chi connectivity index (χ0) is 15.4. The van der Waals surface area contributed by atoms with Crippen LogP contribution in [-0.2, 0) is 14.3 Å². The summed E-state index contributed by atoms with van der Waals surface area (Å²) in [5.74, 6) is 0.105. The van der Waals surface area contributed by atoms with Gasteiger partial charge in [-0.3, -0.25) is 9.59 Å². The number of hydrogen-bond acceptors (Lipinski definition) is 3. The molecular formula is C16H28N2O3. The normalized spacial score (nSPS) is 28.0. The summed E-state index contributed by atoms with van der Waals surface area (Å²) in [6.45, 7) is 6.05. The molecule has 0 spiro atoms. The molecule has 2 rings (SSSR count). The predicted octanol–water partition coefficient (Wildman–Crippen LogP) is 1.66. The van der Waals surface area contributed by atoms with Crippen molar-refractivity contribution in [2.45, 2.75) is 58.0 Å². The van der Waals surface area contributed by atoms with Crippen LogP contribution < -0.4 is 0 Å². The van der Waals surface area contributed by atoms with Gasteiger partial charge in [0, 0.05) is 32.7 Å². The van der Waals surface area contributed by atoms with E-state index < -0.39 is 0 Å². The van der Waals surface area contributed by atoms with Gasteiger partial charge in [-0.05, 0) is 32.6 Å². The Balaban J connectivity index is 1.99. The van der Waals surface area contributed by atoms with Gasteiger partial charge in [-0.15, -0.1) is 0 Å². The van der Waals surface area contributed by atoms with Crippen LogP contribution in [0.5, 0.6) is 0 Å². The van der Waals surface area contributed by atoms with E-state index in [1.54, 1.807) is 12.0 Å². The molecule has 0 unspecified atom stereocenters. The molecule has 2 aliphatic rings. The van der Waals surface area contributed by atoms with Gasteiger partial charge >= 0.3 is 0 Å². The molecule has 0 aliphatic carbocycles. The molecule has 0 radical (unpaired) electrons. The zero-order valence-electron chi connectivity index (χ0n) is 13.5. The number of hydrogen-bond donors (Lipinski definition) is 0. The summed E-state index contributed by atoms with van der Waals surface area (Å²) in [6.07, 6.45) is 4.78. The summed E-state index contributed by atoms with van der Waals surface area (Å²) >= 11 is 0. The Bertz CT molecular complexity index is 386. The third-order valence-corrected chi connectivity index (χ3v) is 4.83. The fourth-order valence-electron chi connectivity index (χ4n) is 3.60. The first-order valence-electron chi connectivity index (χ1n) is 8.17. The second-order valence-electron chi connectivity index (χ2n) is 6.34. The van der Waals surface area contributed by atoms with E-state index in [0.717, 1.165) is 25.8 Å². The van der Waals surface area contributed by atoms with Crippen molar-refractivity contribution < 1.29 is 14.3 Å². The van der Waals surface area contributed by atoms with Gasteiger partial charge in [0.2, 0.25) is 11.8 Å². The smallest absolute Gasteiger partial charge is 0.228 e. The molecule has 2 aliphatic heterocycles. The maximum Gasteiger partial charge on any atom is 0.228 e. The minimum absolute atomic E-state index is 0.0450. The summed E-state index contributed by atoms with van der Waals surface area (Å²) in [4.78, 5) is 28.7. The quantitative estimate of drug-likeness (QED) is 0.775. The molecule has 2 amide bonds. The molecule has 5 nitrogen and oxygen atoms in total. The minimum Gasteiger partial charge on any atom is -0.383 e. The van der Waals surface area contributed by atoms with E-state index >= 15 is 0 Å². The van der Waals surface area contributed by atoms with Crippen molar-refractivity contribution >= 4 is 11.8 Å². The van der Waals surface area contributed by atoms with Crippen LogP contribution in [0.15, 0.2) is 0 Å². The molecule has 120 valence electrons. The van der Waals surface area contributed by atoms with Gasteiger partial charge in [-0.25, -0.2) is 0 Å². The number of methoxy groups -OCH3 is 1. The fraction of sp³-hybridized carbons (Fsp3) is 0.875. The maximum atomic E-state index is 12.8. The zero-order valence-corrected chi connectivity index (χ0v) is 13.5. The summed E-state index contributed by atoms with van der Waals surface area (Å²) < 4.78 is 5.12. The molecule has 0 N–H and O–H groups in total. The average molecular weight is 296 g/mol. The van der Waals surface area contributed by atoms with Gasteiger partial charge in [0.1, 0.15) is 0 Å². The van der Waals surface area contributed by atoms with E-state index in [9.17, 15) is 9.59 Å². The predicted molar refractivity (Wildman–Crippen MR) is 80.8 cm³/mol. The van der Waals surface area contributed by atoms with Crippen LogP contribution in [0.4, 0.5) is 0 Å². The number of ether oxygens (including phenoxy) is 1. The van der Waals surface area contributed by atoms with E-state index in [1.165, 1.54) is 6.42 Å². The number of carbonyl (C=O) groups excluding carboxylic acids is 2.